The Morgan fingerprint density at radius 2 is 1.26 bits per heavy atom. The first-order valence-electron chi connectivity index (χ1n) is 17.8. The molecule has 13 nitrogen and oxygen atoms in total. The number of benzene rings is 4. The summed E-state index contributed by atoms with van der Waals surface area (Å²) >= 11 is 3.46. The highest BCUT2D eigenvalue weighted by Crippen LogP contribution is 2.26. The number of carbonyl (C=O) groups excluding carboxylic acids is 3. The smallest absolute Gasteiger partial charge is 0.410 e. The zero-order valence-electron chi connectivity index (χ0n) is 29.8. The largest absolute Gasteiger partial charge is 0.445 e. The fraction of sp³-hybridized carbons (Fsp3) is 0.275. The number of halogens is 1. The molecule has 3 N–H and O–H groups in total. The summed E-state index contributed by atoms with van der Waals surface area (Å²) in [6.07, 6.45) is 0.620. The number of anilines is 3. The van der Waals surface area contributed by atoms with Gasteiger partial charge in [-0.15, -0.1) is 0 Å². The lowest BCUT2D eigenvalue weighted by Crippen LogP contribution is -2.48. The highest BCUT2D eigenvalue weighted by atomic mass is 79.9. The predicted molar refractivity (Wildman–Crippen MR) is 211 cm³/mol. The van der Waals surface area contributed by atoms with Gasteiger partial charge in [0, 0.05) is 73.6 Å². The molecule has 2 heterocycles. The van der Waals surface area contributed by atoms with Crippen molar-refractivity contribution in [3.8, 4) is 0 Å². The van der Waals surface area contributed by atoms with Crippen LogP contribution in [0.5, 0.6) is 0 Å². The van der Waals surface area contributed by atoms with Crippen molar-refractivity contribution in [1.29, 1.82) is 0 Å². The first kappa shape index (κ1) is 38.2. The van der Waals surface area contributed by atoms with E-state index in [1.54, 1.807) is 15.9 Å². The lowest BCUT2D eigenvalue weighted by molar-refractivity contribution is -0.117. The van der Waals surface area contributed by atoms with Crippen LogP contribution in [0.2, 0.25) is 0 Å². The van der Waals surface area contributed by atoms with Crippen LogP contribution in [0, 0.1) is 0 Å². The second-order valence-corrected chi connectivity index (χ2v) is 13.6. The third-order valence-corrected chi connectivity index (χ3v) is 9.34. The number of carbonyl (C=O) groups is 3. The minimum Gasteiger partial charge on any atom is -0.445 e. The molecule has 0 saturated carbocycles. The monoisotopic (exact) mass is 794 g/mol. The number of nitrogens with one attached hydrogen (secondary N) is 3. The van der Waals surface area contributed by atoms with Crippen LogP contribution in [0.25, 0.3) is 10.9 Å². The van der Waals surface area contributed by atoms with E-state index in [2.05, 4.69) is 41.8 Å². The van der Waals surface area contributed by atoms with Crippen LogP contribution in [0.4, 0.5) is 26.8 Å². The van der Waals surface area contributed by atoms with Gasteiger partial charge in [-0.05, 0) is 53.6 Å². The van der Waals surface area contributed by atoms with Crippen molar-refractivity contribution in [2.45, 2.75) is 13.2 Å². The van der Waals surface area contributed by atoms with Crippen LogP contribution in [0.3, 0.4) is 0 Å². The molecule has 4 aromatic carbocycles. The Bertz CT molecular complexity index is 1920. The van der Waals surface area contributed by atoms with Crippen LogP contribution in [0.15, 0.2) is 114 Å². The molecule has 14 heteroatoms. The molecule has 6 rings (SSSR count). The lowest BCUT2D eigenvalue weighted by atomic mass is 10.2. The fourth-order valence-electron chi connectivity index (χ4n) is 5.87. The van der Waals surface area contributed by atoms with Crippen LogP contribution in [0.1, 0.15) is 11.1 Å². The van der Waals surface area contributed by atoms with E-state index in [1.807, 2.05) is 102 Å². The first-order valence-corrected chi connectivity index (χ1v) is 18.6. The van der Waals surface area contributed by atoms with Gasteiger partial charge in [0.2, 0.25) is 5.91 Å². The van der Waals surface area contributed by atoms with E-state index in [9.17, 15) is 14.4 Å². The Kier molecular flexibility index (Phi) is 13.8. The highest BCUT2D eigenvalue weighted by molar-refractivity contribution is 9.10. The first-order chi connectivity index (χ1) is 26.4. The van der Waals surface area contributed by atoms with Crippen molar-refractivity contribution in [3.63, 3.8) is 0 Å². The maximum absolute atomic E-state index is 13.6. The van der Waals surface area contributed by atoms with Gasteiger partial charge in [0.05, 0.1) is 12.1 Å². The van der Waals surface area contributed by atoms with E-state index in [0.717, 1.165) is 26.7 Å². The summed E-state index contributed by atoms with van der Waals surface area (Å²) in [6, 6.07) is 32.3. The molecule has 1 aliphatic heterocycles. The van der Waals surface area contributed by atoms with Gasteiger partial charge in [0.25, 0.3) is 0 Å². The van der Waals surface area contributed by atoms with Crippen molar-refractivity contribution in [1.82, 2.24) is 30.0 Å². The molecule has 5 aromatic rings. The van der Waals surface area contributed by atoms with Gasteiger partial charge in [0.15, 0.2) is 0 Å². The number of nitrogens with zero attached hydrogens (tertiary/aromatic N) is 5. The third-order valence-electron chi connectivity index (χ3n) is 8.81. The van der Waals surface area contributed by atoms with E-state index < -0.39 is 12.2 Å². The second-order valence-electron chi connectivity index (χ2n) is 12.7. The molecule has 54 heavy (non-hydrogen) atoms. The molecule has 1 saturated heterocycles. The van der Waals surface area contributed by atoms with E-state index in [-0.39, 0.29) is 25.7 Å². The van der Waals surface area contributed by atoms with Crippen LogP contribution >= 0.6 is 15.9 Å². The van der Waals surface area contributed by atoms with Gasteiger partial charge in [-0.3, -0.25) is 9.69 Å². The number of hydrogen-bond donors (Lipinski definition) is 3. The fourth-order valence-corrected chi connectivity index (χ4v) is 6.13. The zero-order chi connectivity index (χ0) is 37.5. The molecule has 0 bridgehead atoms. The number of aromatic nitrogens is 2. The van der Waals surface area contributed by atoms with Gasteiger partial charge < -0.3 is 35.2 Å². The summed E-state index contributed by atoms with van der Waals surface area (Å²) in [5.41, 5.74) is 3.92. The molecule has 280 valence electrons. The Hall–Kier alpha value is -5.57. The lowest BCUT2D eigenvalue weighted by Gasteiger charge is -2.31. The quantitative estimate of drug-likeness (QED) is 0.157. The molecular weight excluding hydrogens is 752 g/mol. The summed E-state index contributed by atoms with van der Waals surface area (Å²) in [4.78, 5) is 54.1. The Balaban J connectivity index is 1.12. The van der Waals surface area contributed by atoms with Crippen molar-refractivity contribution in [2.75, 3.05) is 69.5 Å². The molecule has 1 aliphatic rings. The predicted octanol–water partition coefficient (Wildman–Crippen LogP) is 6.26. The summed E-state index contributed by atoms with van der Waals surface area (Å²) in [5.74, 6) is 0.398. The van der Waals surface area contributed by atoms with Crippen molar-refractivity contribution in [3.05, 3.63) is 125 Å². The summed E-state index contributed by atoms with van der Waals surface area (Å²) in [6.45, 7) is 3.52. The molecular formula is C40H43BrN8O5. The number of ether oxygens (including phenoxy) is 2. The molecule has 1 fully saturated rings. The van der Waals surface area contributed by atoms with Crippen LogP contribution < -0.4 is 16.0 Å². The van der Waals surface area contributed by atoms with Gasteiger partial charge in [-0.1, -0.05) is 76.6 Å². The van der Waals surface area contributed by atoms with Gasteiger partial charge in [-0.25, -0.2) is 19.6 Å². The number of hydrogen-bond acceptors (Lipinski definition) is 10. The summed E-state index contributed by atoms with van der Waals surface area (Å²) < 4.78 is 12.3. The Morgan fingerprint density at radius 1 is 0.685 bits per heavy atom. The SMILES string of the molecule is O=C(CN1CCN(C(=O)OCc2ccccc2)CCNCCN(C(=O)OCc2ccccc2)CC1)Nc1ccc2c(Nc3ccc(Br)cc3)ncnc2c1. The molecule has 0 unspecified atom stereocenters. The number of rotatable bonds is 9. The van der Waals surface area contributed by atoms with Crippen molar-refractivity contribution in [2.24, 2.45) is 0 Å². The normalized spacial score (nSPS) is 14.4. The van der Waals surface area contributed by atoms with E-state index in [0.29, 0.717) is 69.4 Å². The van der Waals surface area contributed by atoms with E-state index in [1.165, 1.54) is 6.33 Å². The summed E-state index contributed by atoms with van der Waals surface area (Å²) in [5, 5.41) is 10.5. The van der Waals surface area contributed by atoms with Gasteiger partial charge in [0.1, 0.15) is 25.4 Å². The van der Waals surface area contributed by atoms with Crippen molar-refractivity contribution >= 4 is 62.1 Å². The van der Waals surface area contributed by atoms with E-state index in [4.69, 9.17) is 9.47 Å². The average molecular weight is 796 g/mol. The second kappa shape index (κ2) is 19.5. The number of amides is 3. The zero-order valence-corrected chi connectivity index (χ0v) is 31.4. The molecule has 1 aromatic heterocycles. The number of fused-ring (bicyclic) bond motifs is 1. The maximum atomic E-state index is 13.6. The molecule has 0 atom stereocenters. The van der Waals surface area contributed by atoms with Crippen LogP contribution in [-0.4, -0.2) is 102 Å². The summed E-state index contributed by atoms with van der Waals surface area (Å²) in [7, 11) is 0. The minimum absolute atomic E-state index is 0.0240. The molecule has 0 spiro atoms. The minimum atomic E-state index is -0.430. The molecule has 0 radical (unpaired) electrons. The van der Waals surface area contributed by atoms with E-state index >= 15 is 0 Å². The molecule has 3 amide bonds. The third kappa shape index (κ3) is 11.5. The molecule has 0 aliphatic carbocycles. The average Bonchev–Trinajstić information content (AvgIpc) is 3.19. The van der Waals surface area contributed by atoms with Gasteiger partial charge >= 0.3 is 12.2 Å². The van der Waals surface area contributed by atoms with Gasteiger partial charge in [-0.2, -0.15) is 0 Å². The topological polar surface area (TPSA) is 141 Å². The Morgan fingerprint density at radius 3 is 1.85 bits per heavy atom. The Labute approximate surface area is 322 Å². The highest BCUT2D eigenvalue weighted by Gasteiger charge is 2.22. The maximum Gasteiger partial charge on any atom is 0.410 e. The standard InChI is InChI=1S/C40H43BrN8O5/c41-32-11-13-33(14-12-32)46-38-35-16-15-34(25-36(35)43-29-44-38)45-37(50)26-47-21-23-48(39(51)53-27-30-7-3-1-4-8-30)19-17-42-18-20-49(24-22-47)40(52)54-28-31-9-5-2-6-10-31/h1-16,25,29,42H,17-24,26-28H2,(H,45,50)(H,43,44,46). The van der Waals surface area contributed by atoms with Crippen LogP contribution in [-0.2, 0) is 27.5 Å². The van der Waals surface area contributed by atoms with Crippen molar-refractivity contribution < 1.29 is 23.9 Å².